The van der Waals surface area contributed by atoms with Crippen LogP contribution < -0.4 is 9.47 Å². The summed E-state index contributed by atoms with van der Waals surface area (Å²) in [7, 11) is 0. The van der Waals surface area contributed by atoms with Crippen LogP contribution in [0.4, 0.5) is 0 Å². The molecule has 4 nitrogen and oxygen atoms in total. The Kier molecular flexibility index (Phi) is 3.54. The van der Waals surface area contributed by atoms with Gasteiger partial charge in [0.2, 0.25) is 6.79 Å². The van der Waals surface area contributed by atoms with E-state index >= 15 is 0 Å². The number of ether oxygens (including phenoxy) is 2. The SMILES string of the molecule is CC(=N[S+]([O-])C(C)(C)C)c1ccc2c(c1)OCO2. The van der Waals surface area contributed by atoms with Gasteiger partial charge in [-0.2, -0.15) is 0 Å². The maximum atomic E-state index is 11.9. The first kappa shape index (κ1) is 13.2. The van der Waals surface area contributed by atoms with E-state index < -0.39 is 11.4 Å². The molecule has 0 radical (unpaired) electrons. The molecule has 1 aliphatic heterocycles. The van der Waals surface area contributed by atoms with Crippen molar-refractivity contribution in [2.75, 3.05) is 6.79 Å². The van der Waals surface area contributed by atoms with Crippen LogP contribution in [-0.4, -0.2) is 21.8 Å². The summed E-state index contributed by atoms with van der Waals surface area (Å²) in [6.45, 7) is 7.81. The molecule has 5 heteroatoms. The lowest BCUT2D eigenvalue weighted by atomic mass is 10.1. The van der Waals surface area contributed by atoms with E-state index in [1.807, 2.05) is 45.9 Å². The number of benzene rings is 1. The Hall–Kier alpha value is -1.20. The maximum Gasteiger partial charge on any atom is 0.231 e. The molecule has 18 heavy (non-hydrogen) atoms. The van der Waals surface area contributed by atoms with Gasteiger partial charge in [-0.15, -0.1) is 0 Å². The summed E-state index contributed by atoms with van der Waals surface area (Å²) in [6.07, 6.45) is 0. The highest BCUT2D eigenvalue weighted by atomic mass is 32.2. The summed E-state index contributed by atoms with van der Waals surface area (Å²) in [5, 5.41) is 0. The fourth-order valence-electron chi connectivity index (χ4n) is 1.44. The second-order valence-corrected chi connectivity index (χ2v) is 7.01. The zero-order valence-electron chi connectivity index (χ0n) is 11.0. The van der Waals surface area contributed by atoms with Gasteiger partial charge in [-0.1, -0.05) is 4.40 Å². The Morgan fingerprint density at radius 3 is 2.61 bits per heavy atom. The van der Waals surface area contributed by atoms with Gasteiger partial charge in [-0.25, -0.2) is 0 Å². The third kappa shape index (κ3) is 2.79. The zero-order valence-corrected chi connectivity index (χ0v) is 11.8. The van der Waals surface area contributed by atoms with E-state index in [4.69, 9.17) is 9.47 Å². The molecule has 0 bridgehead atoms. The topological polar surface area (TPSA) is 53.9 Å². The third-order valence-electron chi connectivity index (χ3n) is 2.53. The first-order chi connectivity index (χ1) is 8.38. The lowest BCUT2D eigenvalue weighted by Gasteiger charge is -2.18. The molecule has 0 amide bonds. The number of nitrogens with zero attached hydrogens (tertiary/aromatic N) is 1. The predicted octanol–water partition coefficient (Wildman–Crippen LogP) is 2.69. The molecule has 0 fully saturated rings. The van der Waals surface area contributed by atoms with E-state index in [0.29, 0.717) is 5.75 Å². The van der Waals surface area contributed by atoms with Crippen LogP contribution >= 0.6 is 0 Å². The van der Waals surface area contributed by atoms with Crippen molar-refractivity contribution in [3.63, 3.8) is 0 Å². The van der Waals surface area contributed by atoms with Crippen molar-refractivity contribution in [1.29, 1.82) is 0 Å². The van der Waals surface area contributed by atoms with Crippen LogP contribution in [0.5, 0.6) is 11.5 Å². The van der Waals surface area contributed by atoms with Crippen molar-refractivity contribution < 1.29 is 14.0 Å². The predicted molar refractivity (Wildman–Crippen MR) is 72.7 cm³/mol. The minimum absolute atomic E-state index is 0.253. The first-order valence-corrected chi connectivity index (χ1v) is 6.86. The summed E-state index contributed by atoms with van der Waals surface area (Å²) in [5.41, 5.74) is 1.64. The Morgan fingerprint density at radius 2 is 1.94 bits per heavy atom. The van der Waals surface area contributed by atoms with Crippen LogP contribution in [0.3, 0.4) is 0 Å². The van der Waals surface area contributed by atoms with E-state index in [9.17, 15) is 4.55 Å². The molecule has 1 aromatic rings. The number of hydrogen-bond acceptors (Lipinski definition) is 4. The molecule has 1 heterocycles. The first-order valence-electron chi connectivity index (χ1n) is 5.75. The van der Waals surface area contributed by atoms with Crippen LogP contribution in [0.15, 0.2) is 22.6 Å². The minimum Gasteiger partial charge on any atom is -0.591 e. The molecule has 0 saturated heterocycles. The van der Waals surface area contributed by atoms with Gasteiger partial charge in [0.25, 0.3) is 0 Å². The highest BCUT2D eigenvalue weighted by molar-refractivity contribution is 7.91. The molecule has 0 aliphatic carbocycles. The van der Waals surface area contributed by atoms with Gasteiger partial charge >= 0.3 is 0 Å². The highest BCUT2D eigenvalue weighted by Gasteiger charge is 2.27. The molecule has 0 saturated carbocycles. The molecule has 1 aromatic carbocycles. The standard InChI is InChI=1S/C13H17NO3S/c1-9(14-18(15)13(2,3)4)10-5-6-11-12(7-10)17-8-16-11/h5-7H,8H2,1-4H3. The van der Waals surface area contributed by atoms with Gasteiger partial charge in [0.1, 0.15) is 16.1 Å². The van der Waals surface area contributed by atoms with Gasteiger partial charge in [0, 0.05) is 5.56 Å². The zero-order chi connectivity index (χ0) is 13.3. The summed E-state index contributed by atoms with van der Waals surface area (Å²) in [6, 6.07) is 5.60. The number of hydrogen-bond donors (Lipinski definition) is 0. The van der Waals surface area contributed by atoms with Crippen LogP contribution in [0.2, 0.25) is 0 Å². The van der Waals surface area contributed by atoms with Gasteiger partial charge in [-0.3, -0.25) is 0 Å². The van der Waals surface area contributed by atoms with Gasteiger partial charge in [0.15, 0.2) is 11.5 Å². The van der Waals surface area contributed by atoms with Crippen LogP contribution in [0, 0.1) is 0 Å². The van der Waals surface area contributed by atoms with Crippen LogP contribution in [0.1, 0.15) is 33.3 Å². The normalized spacial score (nSPS) is 16.8. The molecule has 2 rings (SSSR count). The highest BCUT2D eigenvalue weighted by Crippen LogP contribution is 2.32. The smallest absolute Gasteiger partial charge is 0.231 e. The summed E-state index contributed by atoms with van der Waals surface area (Å²) < 4.78 is 26.4. The largest absolute Gasteiger partial charge is 0.591 e. The average Bonchev–Trinajstić information content (AvgIpc) is 2.74. The van der Waals surface area contributed by atoms with Crippen LogP contribution in [0.25, 0.3) is 0 Å². The third-order valence-corrected chi connectivity index (χ3v) is 4.02. The monoisotopic (exact) mass is 267 g/mol. The molecular weight excluding hydrogens is 250 g/mol. The van der Waals surface area contributed by atoms with E-state index in [-0.39, 0.29) is 11.5 Å². The Balaban J connectivity index is 2.24. The lowest BCUT2D eigenvalue weighted by molar-refractivity contribution is 0.174. The van der Waals surface area contributed by atoms with Crippen molar-refractivity contribution in [1.82, 2.24) is 0 Å². The maximum absolute atomic E-state index is 11.9. The van der Waals surface area contributed by atoms with Crippen molar-refractivity contribution in [2.24, 2.45) is 4.40 Å². The van der Waals surface area contributed by atoms with E-state index in [1.165, 1.54) is 0 Å². The molecule has 1 unspecified atom stereocenters. The Morgan fingerprint density at radius 1 is 1.28 bits per heavy atom. The second kappa shape index (κ2) is 4.82. The van der Waals surface area contributed by atoms with E-state index in [2.05, 4.69) is 4.40 Å². The van der Waals surface area contributed by atoms with E-state index in [0.717, 1.165) is 17.0 Å². The number of fused-ring (bicyclic) bond motifs is 1. The van der Waals surface area contributed by atoms with E-state index in [1.54, 1.807) is 0 Å². The van der Waals surface area contributed by atoms with Gasteiger partial charge in [0.05, 0.1) is 5.71 Å². The molecule has 98 valence electrons. The van der Waals surface area contributed by atoms with Gasteiger partial charge < -0.3 is 14.0 Å². The molecule has 0 aromatic heterocycles. The summed E-state index contributed by atoms with van der Waals surface area (Å²) >= 11 is -1.25. The Bertz CT molecular complexity index is 480. The molecule has 1 atom stereocenters. The fraction of sp³-hybridized carbons (Fsp3) is 0.462. The number of rotatable bonds is 2. The van der Waals surface area contributed by atoms with Crippen LogP contribution in [-0.2, 0) is 11.4 Å². The Labute approximate surface area is 110 Å². The average molecular weight is 267 g/mol. The molecule has 0 spiro atoms. The van der Waals surface area contributed by atoms with Crippen molar-refractivity contribution in [3.8, 4) is 11.5 Å². The lowest BCUT2D eigenvalue weighted by Crippen LogP contribution is -2.26. The minimum atomic E-state index is -1.25. The van der Waals surface area contributed by atoms with Crippen molar-refractivity contribution >= 4 is 17.1 Å². The van der Waals surface area contributed by atoms with Gasteiger partial charge in [-0.05, 0) is 45.9 Å². The molecular formula is C13H17NO3S. The van der Waals surface area contributed by atoms with Crippen molar-refractivity contribution in [2.45, 2.75) is 32.4 Å². The van der Waals surface area contributed by atoms with Crippen molar-refractivity contribution in [3.05, 3.63) is 23.8 Å². The molecule has 1 aliphatic rings. The molecule has 0 N–H and O–H groups in total. The quantitative estimate of drug-likeness (QED) is 0.611. The summed E-state index contributed by atoms with van der Waals surface area (Å²) in [5.74, 6) is 1.45. The second-order valence-electron chi connectivity index (χ2n) is 5.11. The summed E-state index contributed by atoms with van der Waals surface area (Å²) in [4.78, 5) is 0. The fourth-order valence-corrected chi connectivity index (χ4v) is 2.06.